The molecular weight excluding hydrogens is 646 g/mol. The third-order valence-corrected chi connectivity index (χ3v) is 9.67. The highest BCUT2D eigenvalue weighted by atomic mass is 19.4. The number of carbonyl (C=O) groups is 1. The fourth-order valence-corrected chi connectivity index (χ4v) is 7.37. The summed E-state index contributed by atoms with van der Waals surface area (Å²) in [5, 5.41) is 25.2. The molecule has 3 atom stereocenters. The number of fused-ring (bicyclic) bond motifs is 4. The summed E-state index contributed by atoms with van der Waals surface area (Å²) >= 11 is 0. The van der Waals surface area contributed by atoms with Gasteiger partial charge in [-0.15, -0.1) is 0 Å². The Bertz CT molecular complexity index is 1950. The smallest absolute Gasteiger partial charge is 0.490 e. The van der Waals surface area contributed by atoms with Crippen molar-refractivity contribution in [3.63, 3.8) is 0 Å². The molecule has 256 valence electrons. The van der Waals surface area contributed by atoms with Crippen molar-refractivity contribution in [1.29, 1.82) is 5.26 Å². The maximum atomic E-state index is 16.7. The topological polar surface area (TPSA) is 137 Å². The van der Waals surface area contributed by atoms with Gasteiger partial charge in [0.2, 0.25) is 0 Å². The molecule has 3 fully saturated rings. The standard InChI is InChI=1S/C34H33F4N7O4/c35-27-28(25-14-23(46)13-20-5-1-2-7-24(20)25)40-15-26-29(27)41-32(48-17-22-6-3-12-44(22)19-49-31(47)34(36,37)38)42-30(26)45-16-21-8-10-33(18-45,43-21)9-4-11-39/h1-2,5,7,13-15,21-22,43,46H,3-4,6,8-10,12,16-19H2/t21?,22-,33?/m0/s1. The van der Waals surface area contributed by atoms with Crippen LogP contribution in [0.1, 0.15) is 38.5 Å². The first kappa shape index (κ1) is 32.7. The molecule has 15 heteroatoms. The summed E-state index contributed by atoms with van der Waals surface area (Å²) in [5.74, 6) is -2.64. The van der Waals surface area contributed by atoms with Crippen LogP contribution in [-0.4, -0.2) is 87.7 Å². The van der Waals surface area contributed by atoms with Gasteiger partial charge in [0.05, 0.1) is 11.5 Å². The van der Waals surface area contributed by atoms with Crippen LogP contribution in [0.3, 0.4) is 0 Å². The number of nitriles is 1. The summed E-state index contributed by atoms with van der Waals surface area (Å²) in [7, 11) is 0. The van der Waals surface area contributed by atoms with Crippen LogP contribution >= 0.6 is 0 Å². The predicted molar refractivity (Wildman–Crippen MR) is 170 cm³/mol. The Hall–Kier alpha value is -4.81. The van der Waals surface area contributed by atoms with Crippen molar-refractivity contribution in [2.45, 2.75) is 62.3 Å². The number of phenolic OH excluding ortho intramolecular Hbond substituents is 1. The molecule has 2 aromatic heterocycles. The van der Waals surface area contributed by atoms with Crippen LogP contribution < -0.4 is 15.0 Å². The molecule has 0 spiro atoms. The van der Waals surface area contributed by atoms with E-state index in [1.807, 2.05) is 23.1 Å². The number of carbonyl (C=O) groups excluding carboxylic acids is 1. The molecule has 2 N–H and O–H groups in total. The van der Waals surface area contributed by atoms with Crippen molar-refractivity contribution < 1.29 is 36.9 Å². The average Bonchev–Trinajstić information content (AvgIpc) is 3.66. The summed E-state index contributed by atoms with van der Waals surface area (Å²) in [5.41, 5.74) is -0.00349. The van der Waals surface area contributed by atoms with E-state index >= 15 is 4.39 Å². The number of anilines is 1. The monoisotopic (exact) mass is 679 g/mol. The maximum absolute atomic E-state index is 16.7. The van der Waals surface area contributed by atoms with Crippen LogP contribution in [0.25, 0.3) is 32.9 Å². The first-order chi connectivity index (χ1) is 23.5. The van der Waals surface area contributed by atoms with Crippen LogP contribution in [0.2, 0.25) is 0 Å². The van der Waals surface area contributed by atoms with E-state index < -0.39 is 30.7 Å². The number of hydrogen-bond donors (Lipinski definition) is 2. The number of rotatable bonds is 9. The lowest BCUT2D eigenvalue weighted by Gasteiger charge is -2.42. The number of phenols is 1. The number of halogens is 4. The fourth-order valence-electron chi connectivity index (χ4n) is 7.37. The third kappa shape index (κ3) is 6.50. The van der Waals surface area contributed by atoms with Crippen LogP contribution in [0.4, 0.5) is 23.4 Å². The molecular formula is C34H33F4N7O4. The highest BCUT2D eigenvalue weighted by Gasteiger charge is 2.45. The number of pyridine rings is 1. The number of nitrogens with one attached hydrogen (secondary N) is 1. The van der Waals surface area contributed by atoms with E-state index in [4.69, 9.17) is 9.72 Å². The van der Waals surface area contributed by atoms with Crippen LogP contribution in [0, 0.1) is 17.1 Å². The number of hydrogen-bond acceptors (Lipinski definition) is 11. The number of aromatic hydroxyl groups is 1. The van der Waals surface area contributed by atoms with Gasteiger partial charge in [-0.2, -0.15) is 28.4 Å². The second kappa shape index (κ2) is 12.9. The van der Waals surface area contributed by atoms with Crippen molar-refractivity contribution in [2.24, 2.45) is 0 Å². The average molecular weight is 680 g/mol. The number of piperazine rings is 1. The Morgan fingerprint density at radius 2 is 2.02 bits per heavy atom. The number of ether oxygens (including phenoxy) is 2. The molecule has 5 heterocycles. The van der Waals surface area contributed by atoms with E-state index in [1.165, 1.54) is 12.3 Å². The van der Waals surface area contributed by atoms with E-state index in [0.29, 0.717) is 72.9 Å². The molecule has 0 amide bonds. The molecule has 3 saturated heterocycles. The Morgan fingerprint density at radius 1 is 1.18 bits per heavy atom. The van der Waals surface area contributed by atoms with Gasteiger partial charge in [0, 0.05) is 55.4 Å². The molecule has 7 rings (SSSR count). The molecule has 2 unspecified atom stereocenters. The lowest BCUT2D eigenvalue weighted by atomic mass is 9.91. The van der Waals surface area contributed by atoms with Crippen LogP contribution in [-0.2, 0) is 9.53 Å². The summed E-state index contributed by atoms with van der Waals surface area (Å²) in [4.78, 5) is 28.7. The van der Waals surface area contributed by atoms with Crippen molar-refractivity contribution in [3.8, 4) is 29.1 Å². The van der Waals surface area contributed by atoms with Gasteiger partial charge in [-0.3, -0.25) is 9.88 Å². The van der Waals surface area contributed by atoms with Crippen molar-refractivity contribution in [1.82, 2.24) is 25.2 Å². The number of benzene rings is 2. The highest BCUT2D eigenvalue weighted by molar-refractivity contribution is 6.00. The SMILES string of the molecule is N#CCCC12CCC(CN(c3nc(OC[C@@H]4CCCN4COC(=O)C(F)(F)F)nc4c(F)c(-c5cc(O)cc6ccccc56)ncc34)C1)N2. The Morgan fingerprint density at radius 3 is 2.84 bits per heavy atom. The van der Waals surface area contributed by atoms with E-state index in [2.05, 4.69) is 26.1 Å². The molecule has 0 radical (unpaired) electrons. The molecule has 11 nitrogen and oxygen atoms in total. The number of nitrogens with zero attached hydrogens (tertiary/aromatic N) is 6. The van der Waals surface area contributed by atoms with E-state index in [0.717, 1.165) is 12.8 Å². The summed E-state index contributed by atoms with van der Waals surface area (Å²) in [6, 6.07) is 12.1. The van der Waals surface area contributed by atoms with Gasteiger partial charge < -0.3 is 24.8 Å². The van der Waals surface area contributed by atoms with Crippen molar-refractivity contribution in [2.75, 3.05) is 37.9 Å². The largest absolute Gasteiger partial charge is 0.508 e. The zero-order valence-corrected chi connectivity index (χ0v) is 26.3. The van der Waals surface area contributed by atoms with Gasteiger partial charge in [-0.05, 0) is 55.0 Å². The summed E-state index contributed by atoms with van der Waals surface area (Å²) in [6.45, 7) is 0.892. The van der Waals surface area contributed by atoms with Gasteiger partial charge in [0.25, 0.3) is 0 Å². The number of aromatic nitrogens is 3. The van der Waals surface area contributed by atoms with Gasteiger partial charge in [-0.25, -0.2) is 9.18 Å². The number of esters is 1. The van der Waals surface area contributed by atoms with Gasteiger partial charge in [0.1, 0.15) is 36.1 Å². The van der Waals surface area contributed by atoms with Crippen molar-refractivity contribution >= 4 is 33.5 Å². The molecule has 2 bridgehead atoms. The number of likely N-dealkylation sites (tertiary alicyclic amines) is 1. The van der Waals surface area contributed by atoms with Crippen molar-refractivity contribution in [3.05, 3.63) is 48.4 Å². The molecule has 0 saturated carbocycles. The minimum absolute atomic E-state index is 0.0190. The molecule has 3 aliphatic heterocycles. The minimum Gasteiger partial charge on any atom is -0.508 e. The lowest BCUT2D eigenvalue weighted by Crippen LogP contribution is -2.59. The predicted octanol–water partition coefficient (Wildman–Crippen LogP) is 5.21. The second-order valence-corrected chi connectivity index (χ2v) is 12.9. The first-order valence-corrected chi connectivity index (χ1v) is 16.1. The van der Waals surface area contributed by atoms with E-state index in [9.17, 15) is 28.3 Å². The Labute approximate surface area is 278 Å². The molecule has 3 aliphatic rings. The zero-order valence-electron chi connectivity index (χ0n) is 26.3. The maximum Gasteiger partial charge on any atom is 0.490 e. The summed E-state index contributed by atoms with van der Waals surface area (Å²) in [6.07, 6.45) is 0.437. The molecule has 49 heavy (non-hydrogen) atoms. The Balaban J connectivity index is 1.25. The van der Waals surface area contributed by atoms with Gasteiger partial charge >= 0.3 is 18.2 Å². The van der Waals surface area contributed by atoms with Crippen LogP contribution in [0.5, 0.6) is 11.8 Å². The normalized spacial score (nSPS) is 22.5. The highest BCUT2D eigenvalue weighted by Crippen LogP contribution is 2.40. The molecule has 4 aromatic rings. The van der Waals surface area contributed by atoms with E-state index in [1.54, 1.807) is 17.0 Å². The fraction of sp³-hybridized carbons (Fsp3) is 0.441. The van der Waals surface area contributed by atoms with Gasteiger partial charge in [-0.1, -0.05) is 24.3 Å². The van der Waals surface area contributed by atoms with E-state index in [-0.39, 0.29) is 41.2 Å². The minimum atomic E-state index is -5.10. The Kier molecular flexibility index (Phi) is 8.62. The quantitative estimate of drug-likeness (QED) is 0.178. The molecule has 0 aliphatic carbocycles. The van der Waals surface area contributed by atoms with Gasteiger partial charge in [0.15, 0.2) is 5.82 Å². The second-order valence-electron chi connectivity index (χ2n) is 12.9. The zero-order chi connectivity index (χ0) is 34.3. The molecule has 2 aromatic carbocycles. The van der Waals surface area contributed by atoms with Crippen LogP contribution in [0.15, 0.2) is 42.6 Å². The lowest BCUT2D eigenvalue weighted by molar-refractivity contribution is -0.204. The first-order valence-electron chi connectivity index (χ1n) is 16.1. The third-order valence-electron chi connectivity index (χ3n) is 9.67. The number of alkyl halides is 3. The summed E-state index contributed by atoms with van der Waals surface area (Å²) < 4.78 is 65.4.